The van der Waals surface area contributed by atoms with Gasteiger partial charge in [0.25, 0.3) is 0 Å². The number of rotatable bonds is 3. The molecule has 194 valence electrons. The fourth-order valence-corrected chi connectivity index (χ4v) is 5.98. The second kappa shape index (κ2) is 9.20. The van der Waals surface area contributed by atoms with Crippen molar-refractivity contribution in [2.45, 2.75) is 0 Å². The maximum absolute atomic E-state index is 9.86. The number of pyridine rings is 1. The van der Waals surface area contributed by atoms with Crippen LogP contribution in [0.25, 0.3) is 76.5 Å². The molecule has 0 aliphatic carbocycles. The van der Waals surface area contributed by atoms with Crippen LogP contribution in [-0.2, 0) is 0 Å². The van der Waals surface area contributed by atoms with Crippen molar-refractivity contribution in [3.05, 3.63) is 139 Å². The van der Waals surface area contributed by atoms with E-state index in [1.165, 1.54) is 0 Å². The van der Waals surface area contributed by atoms with Crippen LogP contribution >= 0.6 is 0 Å². The van der Waals surface area contributed by atoms with E-state index in [0.29, 0.717) is 16.9 Å². The Morgan fingerprint density at radius 2 is 1.45 bits per heavy atom. The third-order valence-corrected chi connectivity index (χ3v) is 7.92. The summed E-state index contributed by atoms with van der Waals surface area (Å²) in [6.45, 7) is 8.15. The lowest BCUT2D eigenvalue weighted by Crippen LogP contribution is -1.96. The molecule has 42 heavy (non-hydrogen) atoms. The van der Waals surface area contributed by atoms with Crippen molar-refractivity contribution in [1.82, 2.24) is 9.55 Å². The van der Waals surface area contributed by atoms with Crippen molar-refractivity contribution in [2.75, 3.05) is 0 Å². The molecule has 3 heterocycles. The average molecular weight is 537 g/mol. The second-order valence-electron chi connectivity index (χ2n) is 10.2. The van der Waals surface area contributed by atoms with Crippen LogP contribution in [0, 0.1) is 17.9 Å². The highest BCUT2D eigenvalue weighted by molar-refractivity contribution is 6.17. The maximum atomic E-state index is 9.86. The first-order valence-electron chi connectivity index (χ1n) is 13.6. The van der Waals surface area contributed by atoms with Crippen LogP contribution in [-0.4, -0.2) is 9.55 Å². The van der Waals surface area contributed by atoms with Gasteiger partial charge in [0, 0.05) is 44.9 Å². The summed E-state index contributed by atoms with van der Waals surface area (Å²) in [6.07, 6.45) is 1.72. The van der Waals surface area contributed by atoms with Gasteiger partial charge in [0.1, 0.15) is 22.9 Å². The minimum absolute atomic E-state index is 0.322. The molecule has 8 rings (SSSR count). The van der Waals surface area contributed by atoms with Gasteiger partial charge < -0.3 is 8.98 Å². The Morgan fingerprint density at radius 3 is 2.29 bits per heavy atom. The fraction of sp³-hybridized carbons (Fsp3) is 0. The zero-order chi connectivity index (χ0) is 28.2. The van der Waals surface area contributed by atoms with Crippen LogP contribution in [0.2, 0.25) is 0 Å². The Balaban J connectivity index is 1.36. The van der Waals surface area contributed by atoms with E-state index in [1.54, 1.807) is 6.20 Å². The third-order valence-electron chi connectivity index (χ3n) is 7.92. The van der Waals surface area contributed by atoms with Crippen molar-refractivity contribution in [3.8, 4) is 34.0 Å². The van der Waals surface area contributed by atoms with Crippen LogP contribution in [0.5, 0.6) is 0 Å². The van der Waals surface area contributed by atoms with Gasteiger partial charge in [-0.05, 0) is 47.5 Å². The van der Waals surface area contributed by atoms with Crippen LogP contribution < -0.4 is 0 Å². The summed E-state index contributed by atoms with van der Waals surface area (Å²) < 4.78 is 8.38. The molecule has 0 saturated heterocycles. The number of furan rings is 1. The molecule has 0 aliphatic heterocycles. The highest BCUT2D eigenvalue weighted by atomic mass is 16.3. The molecule has 0 saturated carbocycles. The summed E-state index contributed by atoms with van der Waals surface area (Å²) in [4.78, 5) is 8.41. The van der Waals surface area contributed by atoms with Crippen molar-refractivity contribution >= 4 is 49.4 Å². The molecule has 8 aromatic rings. The van der Waals surface area contributed by atoms with E-state index in [-0.39, 0.29) is 0 Å². The van der Waals surface area contributed by atoms with Gasteiger partial charge in [0.05, 0.1) is 23.3 Å². The molecule has 0 radical (unpaired) electrons. The van der Waals surface area contributed by atoms with E-state index in [4.69, 9.17) is 11.0 Å². The maximum Gasteiger partial charge on any atom is 0.211 e. The molecule has 5 heteroatoms. The topological polar surface area (TPSA) is 59.1 Å². The zero-order valence-corrected chi connectivity index (χ0v) is 22.2. The Bertz CT molecular complexity index is 2440. The molecule has 0 amide bonds. The first-order valence-corrected chi connectivity index (χ1v) is 13.6. The van der Waals surface area contributed by atoms with Crippen molar-refractivity contribution < 1.29 is 4.42 Å². The first-order chi connectivity index (χ1) is 20.7. The van der Waals surface area contributed by atoms with Gasteiger partial charge in [-0.1, -0.05) is 72.8 Å². The van der Waals surface area contributed by atoms with Gasteiger partial charge in [-0.25, -0.2) is 9.83 Å². The van der Waals surface area contributed by atoms with Gasteiger partial charge in [-0.15, -0.1) is 0 Å². The standard InChI is InChI=1S/C37H20N4O/c1-39-31-18-24(28-17-25(22-40-32(28)21-38)23-9-3-2-4-10-23)15-16-34(31)41-33-13-7-5-11-26(33)29-19-30-27-12-6-8-14-36(27)42-37(30)20-35(29)41/h2-20,22H. The van der Waals surface area contributed by atoms with Gasteiger partial charge in [0.15, 0.2) is 0 Å². The van der Waals surface area contributed by atoms with Crippen LogP contribution in [0.4, 0.5) is 5.69 Å². The lowest BCUT2D eigenvalue weighted by molar-refractivity contribution is 0.669. The van der Waals surface area contributed by atoms with Crippen LogP contribution in [0.15, 0.2) is 126 Å². The molecular weight excluding hydrogens is 516 g/mol. The largest absolute Gasteiger partial charge is 0.456 e. The van der Waals surface area contributed by atoms with Crippen molar-refractivity contribution in [1.29, 1.82) is 5.26 Å². The van der Waals surface area contributed by atoms with E-state index < -0.39 is 0 Å². The van der Waals surface area contributed by atoms with Crippen molar-refractivity contribution in [3.63, 3.8) is 0 Å². The molecule has 0 spiro atoms. The van der Waals surface area contributed by atoms with Gasteiger partial charge in [0.2, 0.25) is 5.69 Å². The second-order valence-corrected chi connectivity index (χ2v) is 10.2. The zero-order valence-electron chi connectivity index (χ0n) is 22.2. The molecule has 5 aromatic carbocycles. The first kappa shape index (κ1) is 23.7. The van der Waals surface area contributed by atoms with E-state index in [2.05, 4.69) is 50.8 Å². The Kier molecular flexibility index (Phi) is 5.19. The third kappa shape index (κ3) is 3.52. The number of hydrogen-bond donors (Lipinski definition) is 0. The Hall–Kier alpha value is -6.17. The number of para-hydroxylation sites is 2. The van der Waals surface area contributed by atoms with Gasteiger partial charge in [-0.3, -0.25) is 0 Å². The number of nitriles is 1. The number of fused-ring (bicyclic) bond motifs is 6. The number of hydrogen-bond acceptors (Lipinski definition) is 3. The Labute approximate surface area is 240 Å². The molecule has 0 aliphatic rings. The number of benzene rings is 5. The molecular formula is C37H20N4O. The molecule has 5 nitrogen and oxygen atoms in total. The number of nitrogens with zero attached hydrogens (tertiary/aromatic N) is 4. The molecule has 0 bridgehead atoms. The van der Waals surface area contributed by atoms with E-state index in [1.807, 2.05) is 84.9 Å². The molecule has 0 atom stereocenters. The highest BCUT2D eigenvalue weighted by Gasteiger charge is 2.19. The van der Waals surface area contributed by atoms with Crippen molar-refractivity contribution in [2.24, 2.45) is 0 Å². The summed E-state index contributed by atoms with van der Waals surface area (Å²) in [7, 11) is 0. The normalized spacial score (nSPS) is 11.3. The monoisotopic (exact) mass is 536 g/mol. The van der Waals surface area contributed by atoms with Crippen LogP contribution in [0.1, 0.15) is 5.69 Å². The summed E-state index contributed by atoms with van der Waals surface area (Å²) in [5.74, 6) is 0. The summed E-state index contributed by atoms with van der Waals surface area (Å²) in [6, 6.07) is 40.5. The van der Waals surface area contributed by atoms with Gasteiger partial charge >= 0.3 is 0 Å². The van der Waals surface area contributed by atoms with Gasteiger partial charge in [-0.2, -0.15) is 5.26 Å². The smallest absolute Gasteiger partial charge is 0.211 e. The molecule has 0 unspecified atom stereocenters. The average Bonchev–Trinajstić information content (AvgIpc) is 3.58. The molecule has 3 aromatic heterocycles. The summed E-state index contributed by atoms with van der Waals surface area (Å²) in [5.41, 5.74) is 8.58. The minimum atomic E-state index is 0.322. The van der Waals surface area contributed by atoms with E-state index in [9.17, 15) is 5.26 Å². The highest BCUT2D eigenvalue weighted by Crippen LogP contribution is 2.41. The predicted molar refractivity (Wildman–Crippen MR) is 168 cm³/mol. The summed E-state index contributed by atoms with van der Waals surface area (Å²) >= 11 is 0. The Morgan fingerprint density at radius 1 is 0.667 bits per heavy atom. The lowest BCUT2D eigenvalue weighted by Gasteiger charge is -2.13. The lowest BCUT2D eigenvalue weighted by atomic mass is 9.98. The number of aromatic nitrogens is 2. The fourth-order valence-electron chi connectivity index (χ4n) is 5.98. The molecule has 0 N–H and O–H groups in total. The minimum Gasteiger partial charge on any atom is -0.456 e. The summed E-state index contributed by atoms with van der Waals surface area (Å²) in [5, 5.41) is 14.2. The predicted octanol–water partition coefficient (Wildman–Crippen LogP) is 9.83. The SMILES string of the molecule is [C-]#[N+]c1cc(-c2cc(-c3ccccc3)cnc2C#N)ccc1-n1c2ccccc2c2cc3c(cc21)oc1ccccc13. The molecule has 0 fully saturated rings. The quantitative estimate of drug-likeness (QED) is 0.211. The van der Waals surface area contributed by atoms with Crippen LogP contribution in [0.3, 0.4) is 0 Å². The van der Waals surface area contributed by atoms with E-state index >= 15 is 0 Å². The van der Waals surface area contributed by atoms with E-state index in [0.717, 1.165) is 66.1 Å².